The van der Waals surface area contributed by atoms with E-state index in [1.54, 1.807) is 22.6 Å². The summed E-state index contributed by atoms with van der Waals surface area (Å²) in [6, 6.07) is 0. The van der Waals surface area contributed by atoms with Crippen LogP contribution in [-0.2, 0) is 4.74 Å². The van der Waals surface area contributed by atoms with E-state index >= 15 is 0 Å². The number of rotatable bonds is 2. The Morgan fingerprint density at radius 1 is 1.78 bits per heavy atom. The van der Waals surface area contributed by atoms with Crippen molar-refractivity contribution < 1.29 is 9.53 Å². The van der Waals surface area contributed by atoms with Gasteiger partial charge >= 0.3 is 3.98 Å². The number of carbonyl (C=O) groups is 1. The maximum atomic E-state index is 10.4. The molecule has 0 fully saturated rings. The van der Waals surface area contributed by atoms with Crippen LogP contribution < -0.4 is 0 Å². The summed E-state index contributed by atoms with van der Waals surface area (Å²) in [6.07, 6.45) is 0. The Kier molecular flexibility index (Phi) is 4.04. The van der Waals surface area contributed by atoms with Crippen molar-refractivity contribution in [2.45, 2.75) is 19.4 Å². The van der Waals surface area contributed by atoms with Gasteiger partial charge in [-0.1, -0.05) is 15.9 Å². The second-order valence-corrected chi connectivity index (χ2v) is 3.67. The molecule has 0 saturated heterocycles. The summed E-state index contributed by atoms with van der Waals surface area (Å²) in [5.41, 5.74) is -0.377. The van der Waals surface area contributed by atoms with E-state index in [-0.39, 0.29) is 9.58 Å². The lowest BCUT2D eigenvalue weighted by Gasteiger charge is -2.20. The van der Waals surface area contributed by atoms with Crippen LogP contribution in [0.5, 0.6) is 0 Å². The van der Waals surface area contributed by atoms with E-state index in [0.717, 1.165) is 0 Å². The number of ether oxygens (including phenoxy) is 1. The molecule has 54 valence electrons. The highest BCUT2D eigenvalue weighted by Crippen LogP contribution is 2.14. The van der Waals surface area contributed by atoms with Gasteiger partial charge in [-0.2, -0.15) is 0 Å². The first-order chi connectivity index (χ1) is 3.98. The average Bonchev–Trinajstić information content (AvgIpc) is 1.63. The minimum absolute atomic E-state index is 0.267. The molecule has 0 aromatic heterocycles. The number of carbonyl (C=O) groups excluding carboxylic acids is 1. The first-order valence-electron chi connectivity index (χ1n) is 2.42. The normalized spacial score (nSPS) is 11.1. The molecule has 0 aromatic carbocycles. The molecule has 0 aliphatic heterocycles. The Bertz CT molecular complexity index is 114. The van der Waals surface area contributed by atoms with Gasteiger partial charge < -0.3 is 4.74 Å². The highest BCUT2D eigenvalue weighted by Gasteiger charge is 2.19. The summed E-state index contributed by atoms with van der Waals surface area (Å²) in [5, 5.41) is 0.661. The average molecular weight is 307 g/mol. The van der Waals surface area contributed by atoms with Gasteiger partial charge in [0.2, 0.25) is 0 Å². The molecule has 0 bridgehead atoms. The summed E-state index contributed by atoms with van der Waals surface area (Å²) >= 11 is 4.83. The van der Waals surface area contributed by atoms with Crippen molar-refractivity contribution in [3.63, 3.8) is 0 Å². The maximum absolute atomic E-state index is 10.4. The molecule has 0 saturated carbocycles. The van der Waals surface area contributed by atoms with Crippen LogP contribution >= 0.6 is 38.5 Å². The molecule has 0 radical (unpaired) electrons. The molecule has 0 rings (SSSR count). The van der Waals surface area contributed by atoms with Crippen molar-refractivity contribution in [3.05, 3.63) is 0 Å². The van der Waals surface area contributed by atoms with Crippen LogP contribution in [0.1, 0.15) is 13.8 Å². The molecule has 0 heterocycles. The summed E-state index contributed by atoms with van der Waals surface area (Å²) in [6.45, 7) is 3.69. The van der Waals surface area contributed by atoms with Gasteiger partial charge in [0.25, 0.3) is 0 Å². The SMILES string of the molecule is CC(C)(CBr)OC(=O)I. The highest BCUT2D eigenvalue weighted by molar-refractivity contribution is 14.1. The lowest BCUT2D eigenvalue weighted by Crippen LogP contribution is -2.26. The van der Waals surface area contributed by atoms with Gasteiger partial charge in [0.05, 0.1) is 22.6 Å². The Labute approximate surface area is 76.6 Å². The molecule has 9 heavy (non-hydrogen) atoms. The lowest BCUT2D eigenvalue weighted by molar-refractivity contribution is 0.0812. The summed E-state index contributed by atoms with van der Waals surface area (Å²) in [5.74, 6) is 0. The number of alkyl halides is 1. The van der Waals surface area contributed by atoms with Crippen LogP contribution in [-0.4, -0.2) is 14.9 Å². The third-order valence-electron chi connectivity index (χ3n) is 0.678. The molecule has 0 spiro atoms. The van der Waals surface area contributed by atoms with Gasteiger partial charge in [-0.15, -0.1) is 0 Å². The monoisotopic (exact) mass is 306 g/mol. The first kappa shape index (κ1) is 9.68. The van der Waals surface area contributed by atoms with Crippen molar-refractivity contribution in [2.24, 2.45) is 0 Å². The smallest absolute Gasteiger partial charge is 0.367 e. The van der Waals surface area contributed by atoms with E-state index in [4.69, 9.17) is 4.74 Å². The number of hydrogen-bond donors (Lipinski definition) is 0. The van der Waals surface area contributed by atoms with Gasteiger partial charge in [-0.3, -0.25) is 0 Å². The highest BCUT2D eigenvalue weighted by atomic mass is 127. The molecule has 0 atom stereocenters. The third-order valence-corrected chi connectivity index (χ3v) is 2.25. The zero-order valence-electron chi connectivity index (χ0n) is 5.28. The summed E-state index contributed by atoms with van der Waals surface area (Å²) in [7, 11) is 0. The van der Waals surface area contributed by atoms with Crippen molar-refractivity contribution in [1.82, 2.24) is 0 Å². The fraction of sp³-hybridized carbons (Fsp3) is 0.800. The predicted molar refractivity (Wildman–Crippen MR) is 48.4 cm³/mol. The van der Waals surface area contributed by atoms with Gasteiger partial charge in [0, 0.05) is 5.33 Å². The molecule has 0 aromatic rings. The molecular weight excluding hydrogens is 299 g/mol. The standard InChI is InChI=1S/C5H8BrIO2/c1-5(2,3-6)9-4(7)8/h3H2,1-2H3. The van der Waals surface area contributed by atoms with Gasteiger partial charge in [0.15, 0.2) is 0 Å². The molecule has 2 nitrogen and oxygen atoms in total. The van der Waals surface area contributed by atoms with Crippen LogP contribution in [0.2, 0.25) is 0 Å². The fourth-order valence-corrected chi connectivity index (χ4v) is 0.955. The van der Waals surface area contributed by atoms with Gasteiger partial charge in [-0.25, -0.2) is 4.79 Å². The molecule has 0 aliphatic rings. The lowest BCUT2D eigenvalue weighted by atomic mass is 10.2. The second-order valence-electron chi connectivity index (χ2n) is 2.23. The molecular formula is C5H8BrIO2. The number of halogens is 2. The molecule has 0 unspecified atom stereocenters. The zero-order valence-corrected chi connectivity index (χ0v) is 9.02. The van der Waals surface area contributed by atoms with Crippen molar-refractivity contribution in [3.8, 4) is 0 Å². The van der Waals surface area contributed by atoms with E-state index < -0.39 is 0 Å². The second kappa shape index (κ2) is 3.75. The van der Waals surface area contributed by atoms with Crippen LogP contribution in [0.25, 0.3) is 0 Å². The van der Waals surface area contributed by atoms with E-state index in [0.29, 0.717) is 5.33 Å². The largest absolute Gasteiger partial charge is 0.451 e. The third kappa shape index (κ3) is 5.14. The van der Waals surface area contributed by atoms with Crippen LogP contribution in [0, 0.1) is 0 Å². The van der Waals surface area contributed by atoms with E-state index in [1.807, 2.05) is 13.8 Å². The Balaban J connectivity index is 3.71. The summed E-state index contributed by atoms with van der Waals surface area (Å²) in [4.78, 5) is 10.4. The Morgan fingerprint density at radius 3 is 2.33 bits per heavy atom. The van der Waals surface area contributed by atoms with Crippen LogP contribution in [0.4, 0.5) is 4.79 Å². The Hall–Kier alpha value is 0.680. The van der Waals surface area contributed by atoms with E-state index in [2.05, 4.69) is 15.9 Å². The zero-order chi connectivity index (χ0) is 7.49. The molecule has 0 N–H and O–H groups in total. The van der Waals surface area contributed by atoms with Crippen molar-refractivity contribution >= 4 is 42.5 Å². The van der Waals surface area contributed by atoms with E-state index in [1.165, 1.54) is 0 Å². The minimum Gasteiger partial charge on any atom is -0.451 e. The quantitative estimate of drug-likeness (QED) is 0.445. The number of hydrogen-bond acceptors (Lipinski definition) is 2. The van der Waals surface area contributed by atoms with Crippen LogP contribution in [0.3, 0.4) is 0 Å². The fourth-order valence-electron chi connectivity index (χ4n) is 0.245. The Morgan fingerprint density at radius 2 is 2.22 bits per heavy atom. The maximum Gasteiger partial charge on any atom is 0.367 e. The molecule has 0 amide bonds. The first-order valence-corrected chi connectivity index (χ1v) is 4.62. The van der Waals surface area contributed by atoms with Crippen LogP contribution in [0.15, 0.2) is 0 Å². The molecule has 0 aliphatic carbocycles. The minimum atomic E-state index is -0.377. The van der Waals surface area contributed by atoms with Gasteiger partial charge in [0.1, 0.15) is 5.60 Å². The van der Waals surface area contributed by atoms with Crippen molar-refractivity contribution in [1.29, 1.82) is 0 Å². The molecule has 4 heteroatoms. The van der Waals surface area contributed by atoms with E-state index in [9.17, 15) is 4.79 Å². The topological polar surface area (TPSA) is 26.3 Å². The van der Waals surface area contributed by atoms with Gasteiger partial charge in [-0.05, 0) is 13.8 Å². The summed E-state index contributed by atoms with van der Waals surface area (Å²) < 4.78 is 4.62. The predicted octanol–water partition coefficient (Wildman–Crippen LogP) is 2.73. The van der Waals surface area contributed by atoms with Crippen molar-refractivity contribution in [2.75, 3.05) is 5.33 Å².